The van der Waals surface area contributed by atoms with E-state index in [1.807, 2.05) is 0 Å². The Hall–Kier alpha value is 0.960. The van der Waals surface area contributed by atoms with Gasteiger partial charge < -0.3 is 34.0 Å². The molecule has 0 N–H and O–H groups in total. The van der Waals surface area contributed by atoms with Gasteiger partial charge in [0, 0.05) is 0 Å². The number of hydrogen-bond donors (Lipinski definition) is 0. The summed E-state index contributed by atoms with van der Waals surface area (Å²) in [5, 5.41) is 0. The maximum Gasteiger partial charge on any atom is -0.0776 e. The van der Waals surface area contributed by atoms with Crippen LogP contribution in [0, 0.1) is 0 Å². The fourth-order valence-corrected chi connectivity index (χ4v) is 0. The van der Waals surface area contributed by atoms with Gasteiger partial charge in [-0.2, -0.15) is 0 Å². The van der Waals surface area contributed by atoms with Gasteiger partial charge in [0.1, 0.15) is 0 Å². The topological polar surface area (TPSA) is 0 Å². The van der Waals surface area contributed by atoms with E-state index in [0.717, 1.165) is 0 Å². The zero-order valence-corrected chi connectivity index (χ0v) is 3.93. The van der Waals surface area contributed by atoms with Crippen molar-refractivity contribution in [3.05, 3.63) is 0 Å². The van der Waals surface area contributed by atoms with Crippen LogP contribution in [0.3, 0.4) is 0 Å². The van der Waals surface area contributed by atoms with Crippen molar-refractivity contribution in [3.8, 4) is 0 Å². The molecule has 0 radical (unpaired) electrons. The van der Waals surface area contributed by atoms with Crippen molar-refractivity contribution in [3.63, 3.8) is 0 Å². The summed E-state index contributed by atoms with van der Waals surface area (Å²) < 4.78 is 0. The molecule has 0 aromatic heterocycles. The van der Waals surface area contributed by atoms with Gasteiger partial charge in [0.2, 0.25) is 0 Å². The summed E-state index contributed by atoms with van der Waals surface area (Å²) in [5.74, 6) is 0. The molecule has 0 spiro atoms. The maximum absolute atomic E-state index is 0. The minimum atomic E-state index is 0. The highest BCUT2D eigenvalue weighted by atomic mass is 79.9. The lowest BCUT2D eigenvalue weighted by atomic mass is 12.0. The van der Waals surface area contributed by atoms with Gasteiger partial charge in [0.05, 0.1) is 0 Å². The highest BCUT2D eigenvalue weighted by Crippen LogP contribution is 0.154. The molecule has 0 heterocycles. The van der Waals surface area contributed by atoms with Gasteiger partial charge in [-0.1, -0.05) is 81.7 Å². The smallest absolute Gasteiger partial charge is 0.0776 e. The Morgan fingerprint density at radius 2 is 0.154 bits per heavy atom. The molecule has 0 rings (SSSR count). The molecule has 0 saturated heterocycles. The first-order valence-corrected chi connectivity index (χ1v) is 0. The molecule has 0 saturated carbocycles. The summed E-state index contributed by atoms with van der Waals surface area (Å²) in [6.07, 6.45) is 0. The molecule has 13 heavy (non-hydrogen) atoms. The highest BCUT2D eigenvalue weighted by Gasteiger charge is -0.0675. The van der Waals surface area contributed by atoms with Crippen molar-refractivity contribution in [2.75, 3.05) is 0 Å². The molecule has 0 unspecified atom stereocenters. The molecule has 0 aromatic rings. The number of hydrogen-bond acceptors (Lipinski definition) is 0. The summed E-state index contributed by atoms with van der Waals surface area (Å²) in [4.78, 5) is 0. The SMILES string of the molecule is C.C.C.C.C.C.C.C.C.C.C.[Br-].[Br-]. The first-order valence-electron chi connectivity index (χ1n) is 0. The van der Waals surface area contributed by atoms with Crippen LogP contribution in [-0.2, 0) is 0 Å². The van der Waals surface area contributed by atoms with Crippen LogP contribution in [-0.4, -0.2) is 0 Å². The molecule has 0 fully saturated rings. The van der Waals surface area contributed by atoms with E-state index in [1.165, 1.54) is 0 Å². The predicted octanol–water partition coefficient (Wildman–Crippen LogP) is 1.01. The van der Waals surface area contributed by atoms with Crippen LogP contribution in [0.25, 0.3) is 0 Å². The monoisotopic (exact) mass is 334 g/mol. The average molecular weight is 336 g/mol. The minimum Gasteiger partial charge on any atom is -1.00 e. The number of rotatable bonds is 0. The Morgan fingerprint density at radius 1 is 0.154 bits per heavy atom. The molecule has 0 amide bonds. The van der Waals surface area contributed by atoms with Crippen LogP contribution in [0.2, 0.25) is 0 Å². The highest BCUT2D eigenvalue weighted by molar-refractivity contribution is 2.51. The van der Waals surface area contributed by atoms with Gasteiger partial charge in [-0.25, -0.2) is 0 Å². The van der Waals surface area contributed by atoms with Crippen LogP contribution in [0.5, 0.6) is 0 Å². The van der Waals surface area contributed by atoms with Crippen LogP contribution in [0.4, 0.5) is 0 Å². The van der Waals surface area contributed by atoms with Gasteiger partial charge in [-0.3, -0.25) is 0 Å². The second-order valence-electron chi connectivity index (χ2n) is 0. The largest absolute Gasteiger partial charge is 1.00 e. The molecule has 104 valence electrons. The molecule has 0 aromatic carbocycles. The normalized spacial score (nSPS) is 0. The third-order valence-electron chi connectivity index (χ3n) is 0. The zero-order valence-electron chi connectivity index (χ0n) is 0.756. The van der Waals surface area contributed by atoms with Gasteiger partial charge in [-0.15, -0.1) is 0 Å². The van der Waals surface area contributed by atoms with E-state index in [2.05, 4.69) is 0 Å². The average Bonchev–Trinajstić information content (AvgIpc) is 0. The standard InChI is InChI=1S/11CH4.2BrH/h11*1H4;2*1H/p-2. The van der Waals surface area contributed by atoms with Crippen molar-refractivity contribution in [2.24, 2.45) is 0 Å². The Bertz CT molecular complexity index is 8.05. The van der Waals surface area contributed by atoms with Gasteiger partial charge in [0.25, 0.3) is 0 Å². The fourth-order valence-electron chi connectivity index (χ4n) is 0. The molecule has 0 atom stereocenters. The van der Waals surface area contributed by atoms with E-state index in [1.54, 1.807) is 0 Å². The predicted molar refractivity (Wildman–Crippen MR) is 74.0 cm³/mol. The first-order chi connectivity index (χ1) is 0. The van der Waals surface area contributed by atoms with Crippen molar-refractivity contribution in [1.82, 2.24) is 0 Å². The molecule has 0 bridgehead atoms. The van der Waals surface area contributed by atoms with Gasteiger partial charge in [0.15, 0.2) is 0 Å². The van der Waals surface area contributed by atoms with E-state index in [-0.39, 0.29) is 116 Å². The third kappa shape index (κ3) is 1690. The lowest BCUT2D eigenvalue weighted by Gasteiger charge is -1.00. The van der Waals surface area contributed by atoms with Crippen molar-refractivity contribution < 1.29 is 34.0 Å². The minimum absolute atomic E-state index is 0. The zero-order chi connectivity index (χ0) is 0. The summed E-state index contributed by atoms with van der Waals surface area (Å²) in [6, 6.07) is 0. The lowest BCUT2D eigenvalue weighted by Crippen LogP contribution is -3.00. The quantitative estimate of drug-likeness (QED) is 0.619. The van der Waals surface area contributed by atoms with E-state index >= 15 is 0 Å². The second-order valence-corrected chi connectivity index (χ2v) is 0. The van der Waals surface area contributed by atoms with Crippen molar-refractivity contribution in [2.45, 2.75) is 81.7 Å². The second kappa shape index (κ2) is 2010. The van der Waals surface area contributed by atoms with E-state index in [0.29, 0.717) is 0 Å². The molecular formula is C11H44Br2-2. The summed E-state index contributed by atoms with van der Waals surface area (Å²) in [7, 11) is 0. The molecule has 0 aliphatic carbocycles. The Morgan fingerprint density at radius 3 is 0.154 bits per heavy atom. The third-order valence-corrected chi connectivity index (χ3v) is 0. The summed E-state index contributed by atoms with van der Waals surface area (Å²) in [5.41, 5.74) is 0. The van der Waals surface area contributed by atoms with Crippen LogP contribution in [0.15, 0.2) is 0 Å². The van der Waals surface area contributed by atoms with Gasteiger partial charge in [-0.05, 0) is 0 Å². The molecule has 2 heteroatoms. The molecule has 0 nitrogen and oxygen atoms in total. The number of halogens is 2. The van der Waals surface area contributed by atoms with Crippen molar-refractivity contribution in [1.29, 1.82) is 0 Å². The van der Waals surface area contributed by atoms with Crippen molar-refractivity contribution >= 4 is 0 Å². The summed E-state index contributed by atoms with van der Waals surface area (Å²) >= 11 is 0. The Kier molecular flexibility index (Phi) is 394000. The first kappa shape index (κ1) is 2540. The van der Waals surface area contributed by atoms with Gasteiger partial charge >= 0.3 is 0 Å². The van der Waals surface area contributed by atoms with Crippen LogP contribution < -0.4 is 34.0 Å². The van der Waals surface area contributed by atoms with Crippen LogP contribution in [0.1, 0.15) is 81.7 Å². The molecule has 0 aliphatic rings. The molecule has 0 aliphatic heterocycles. The van der Waals surface area contributed by atoms with E-state index < -0.39 is 0 Å². The fraction of sp³-hybridized carbons (Fsp3) is 1.00. The summed E-state index contributed by atoms with van der Waals surface area (Å²) in [6.45, 7) is 0. The Balaban J connectivity index is 0. The maximum atomic E-state index is 0. The van der Waals surface area contributed by atoms with E-state index in [9.17, 15) is 0 Å². The van der Waals surface area contributed by atoms with E-state index in [4.69, 9.17) is 0 Å². The molecular weight excluding hydrogens is 292 g/mol. The Labute approximate surface area is 115 Å². The van der Waals surface area contributed by atoms with Crippen LogP contribution >= 0.6 is 0 Å². The lowest BCUT2D eigenvalue weighted by molar-refractivity contribution is -0.00100.